The summed E-state index contributed by atoms with van der Waals surface area (Å²) in [5.74, 6) is 0.528. The molecule has 5 nitrogen and oxygen atoms in total. The summed E-state index contributed by atoms with van der Waals surface area (Å²) in [7, 11) is 0. The Kier molecular flexibility index (Phi) is 4.12. The third-order valence-electron chi connectivity index (χ3n) is 5.05. The Morgan fingerprint density at radius 3 is 2.48 bits per heavy atom. The van der Waals surface area contributed by atoms with Crippen LogP contribution in [0.4, 0.5) is 0 Å². The van der Waals surface area contributed by atoms with Crippen molar-refractivity contribution >= 4 is 5.91 Å². The maximum Gasteiger partial charge on any atom is 0.257 e. The van der Waals surface area contributed by atoms with Crippen LogP contribution in [0.1, 0.15) is 54.2 Å². The smallest absolute Gasteiger partial charge is 0.257 e. The summed E-state index contributed by atoms with van der Waals surface area (Å²) in [6.07, 6.45) is 4.17. The second-order valence-electron chi connectivity index (χ2n) is 7.38. The van der Waals surface area contributed by atoms with Gasteiger partial charge in [-0.3, -0.25) is 4.79 Å². The van der Waals surface area contributed by atoms with Crippen LogP contribution in [0, 0.1) is 6.92 Å². The van der Waals surface area contributed by atoms with Crippen LogP contribution in [0.15, 0.2) is 30.5 Å². The van der Waals surface area contributed by atoms with Crippen molar-refractivity contribution in [1.82, 2.24) is 14.7 Å². The Morgan fingerprint density at radius 1 is 1.16 bits per heavy atom. The highest BCUT2D eigenvalue weighted by molar-refractivity contribution is 5.95. The molecule has 0 radical (unpaired) electrons. The van der Waals surface area contributed by atoms with E-state index in [1.165, 1.54) is 5.56 Å². The lowest BCUT2D eigenvalue weighted by molar-refractivity contribution is -0.0586. The first-order chi connectivity index (χ1) is 12.0. The summed E-state index contributed by atoms with van der Waals surface area (Å²) in [6.45, 7) is 7.41. The molecule has 0 spiro atoms. The van der Waals surface area contributed by atoms with E-state index in [1.807, 2.05) is 35.6 Å². The largest absolute Gasteiger partial charge is 0.372 e. The van der Waals surface area contributed by atoms with E-state index >= 15 is 0 Å². The molecule has 2 fully saturated rings. The Bertz CT molecular complexity index is 784. The molecule has 2 aromatic rings. The quantitative estimate of drug-likeness (QED) is 0.862. The Balaban J connectivity index is 1.71. The van der Waals surface area contributed by atoms with E-state index in [9.17, 15) is 4.79 Å². The first-order valence-electron chi connectivity index (χ1n) is 9.13. The average Bonchev–Trinajstić information content (AvgIpc) is 3.32. The lowest BCUT2D eigenvalue weighted by Gasteiger charge is -2.35. The highest BCUT2D eigenvalue weighted by Crippen LogP contribution is 2.43. The summed E-state index contributed by atoms with van der Waals surface area (Å²) < 4.78 is 7.75. The van der Waals surface area contributed by atoms with E-state index < -0.39 is 0 Å². The number of nitrogens with zero attached hydrogens (tertiary/aromatic N) is 3. The van der Waals surface area contributed by atoms with Crippen LogP contribution in [0.3, 0.4) is 0 Å². The van der Waals surface area contributed by atoms with Crippen LogP contribution in [-0.4, -0.2) is 45.9 Å². The van der Waals surface area contributed by atoms with E-state index in [2.05, 4.69) is 24.2 Å². The number of carbonyl (C=O) groups excluding carboxylic acids is 1. The molecule has 1 aliphatic carbocycles. The monoisotopic (exact) mass is 339 g/mol. The minimum Gasteiger partial charge on any atom is -0.372 e. The van der Waals surface area contributed by atoms with Gasteiger partial charge in [0.05, 0.1) is 35.3 Å². The van der Waals surface area contributed by atoms with Crippen LogP contribution >= 0.6 is 0 Å². The molecule has 1 aromatic heterocycles. The van der Waals surface area contributed by atoms with Crippen molar-refractivity contribution in [1.29, 1.82) is 0 Å². The van der Waals surface area contributed by atoms with Gasteiger partial charge in [0, 0.05) is 19.0 Å². The van der Waals surface area contributed by atoms with Crippen molar-refractivity contribution in [3.63, 3.8) is 0 Å². The van der Waals surface area contributed by atoms with Gasteiger partial charge in [0.15, 0.2) is 0 Å². The van der Waals surface area contributed by atoms with E-state index in [0.717, 1.165) is 29.8 Å². The molecule has 1 saturated heterocycles. The topological polar surface area (TPSA) is 47.4 Å². The molecular formula is C20H25N3O2. The first kappa shape index (κ1) is 16.3. The molecule has 1 amide bonds. The third kappa shape index (κ3) is 3.09. The molecule has 25 heavy (non-hydrogen) atoms. The summed E-state index contributed by atoms with van der Waals surface area (Å²) in [5, 5.41) is 4.60. The van der Waals surface area contributed by atoms with Crippen LogP contribution in [-0.2, 0) is 4.74 Å². The third-order valence-corrected chi connectivity index (χ3v) is 5.05. The standard InChI is InChI=1S/C20H25N3O2/c1-13-6-4-5-7-18(13)23-19(16-8-9-16)17(10-21-23)20(24)22-11-14(2)25-15(3)12-22/h4-7,10,14-16H,8-9,11-12H2,1-3H3/t14-,15+. The molecule has 132 valence electrons. The number of hydrogen-bond acceptors (Lipinski definition) is 3. The van der Waals surface area contributed by atoms with Crippen LogP contribution in [0.2, 0.25) is 0 Å². The van der Waals surface area contributed by atoms with E-state index in [-0.39, 0.29) is 18.1 Å². The van der Waals surface area contributed by atoms with Gasteiger partial charge in [-0.25, -0.2) is 4.68 Å². The first-order valence-corrected chi connectivity index (χ1v) is 9.13. The molecule has 2 atom stereocenters. The number of aryl methyl sites for hydroxylation is 1. The lowest BCUT2D eigenvalue weighted by atomic mass is 10.1. The molecular weight excluding hydrogens is 314 g/mol. The maximum absolute atomic E-state index is 13.2. The number of rotatable bonds is 3. The molecule has 5 heteroatoms. The predicted octanol–water partition coefficient (Wildman–Crippen LogP) is 3.31. The molecule has 2 heterocycles. The number of aromatic nitrogens is 2. The zero-order valence-corrected chi connectivity index (χ0v) is 15.1. The minimum atomic E-state index is 0.0727. The highest BCUT2D eigenvalue weighted by atomic mass is 16.5. The van der Waals surface area contributed by atoms with Crippen molar-refractivity contribution < 1.29 is 9.53 Å². The van der Waals surface area contributed by atoms with Gasteiger partial charge in [-0.1, -0.05) is 18.2 Å². The van der Waals surface area contributed by atoms with Gasteiger partial charge in [-0.15, -0.1) is 0 Å². The Hall–Kier alpha value is -2.14. The van der Waals surface area contributed by atoms with Crippen LogP contribution in [0.5, 0.6) is 0 Å². The number of morpholine rings is 1. The second kappa shape index (κ2) is 6.30. The van der Waals surface area contributed by atoms with Gasteiger partial charge in [0.25, 0.3) is 5.91 Å². The van der Waals surface area contributed by atoms with Crippen LogP contribution < -0.4 is 0 Å². The number of ether oxygens (including phenoxy) is 1. The molecule has 1 saturated carbocycles. The number of carbonyl (C=O) groups is 1. The fraction of sp³-hybridized carbons (Fsp3) is 0.500. The molecule has 0 bridgehead atoms. The minimum absolute atomic E-state index is 0.0727. The van der Waals surface area contributed by atoms with Gasteiger partial charge in [0.1, 0.15) is 0 Å². The van der Waals surface area contributed by atoms with E-state index in [4.69, 9.17) is 4.74 Å². The van der Waals surface area contributed by atoms with Crippen molar-refractivity contribution in [2.75, 3.05) is 13.1 Å². The fourth-order valence-electron chi connectivity index (χ4n) is 3.78. The zero-order chi connectivity index (χ0) is 17.6. The van der Waals surface area contributed by atoms with E-state index in [1.54, 1.807) is 6.20 Å². The van der Waals surface area contributed by atoms with Crippen molar-refractivity contribution in [3.05, 3.63) is 47.3 Å². The van der Waals surface area contributed by atoms with Gasteiger partial charge >= 0.3 is 0 Å². The van der Waals surface area contributed by atoms with E-state index in [0.29, 0.717) is 19.0 Å². The molecule has 0 N–H and O–H groups in total. The summed E-state index contributed by atoms with van der Waals surface area (Å²) >= 11 is 0. The second-order valence-corrected chi connectivity index (χ2v) is 7.38. The zero-order valence-electron chi connectivity index (χ0n) is 15.1. The predicted molar refractivity (Wildman–Crippen MR) is 96.2 cm³/mol. The molecule has 4 rings (SSSR count). The van der Waals surface area contributed by atoms with Gasteiger partial charge in [-0.2, -0.15) is 5.10 Å². The summed E-state index contributed by atoms with van der Waals surface area (Å²) in [6, 6.07) is 8.21. The number of amides is 1. The van der Waals surface area contributed by atoms with Gasteiger partial charge in [-0.05, 0) is 45.2 Å². The summed E-state index contributed by atoms with van der Waals surface area (Å²) in [5.41, 5.74) is 4.06. The van der Waals surface area contributed by atoms with Crippen molar-refractivity contribution in [3.8, 4) is 5.69 Å². The Labute approximate surface area is 148 Å². The molecule has 1 aliphatic heterocycles. The van der Waals surface area contributed by atoms with Gasteiger partial charge < -0.3 is 9.64 Å². The summed E-state index contributed by atoms with van der Waals surface area (Å²) in [4.78, 5) is 15.1. The normalized spacial score (nSPS) is 23.7. The van der Waals surface area contributed by atoms with Crippen molar-refractivity contribution in [2.24, 2.45) is 0 Å². The highest BCUT2D eigenvalue weighted by Gasteiger charge is 2.36. The lowest BCUT2D eigenvalue weighted by Crippen LogP contribution is -2.48. The average molecular weight is 339 g/mol. The molecule has 2 aliphatic rings. The maximum atomic E-state index is 13.2. The number of para-hydroxylation sites is 1. The Morgan fingerprint density at radius 2 is 1.84 bits per heavy atom. The number of benzene rings is 1. The SMILES string of the molecule is Cc1ccccc1-n1ncc(C(=O)N2C[C@@H](C)O[C@@H](C)C2)c1C1CC1. The number of hydrogen-bond donors (Lipinski definition) is 0. The van der Waals surface area contributed by atoms with Crippen molar-refractivity contribution in [2.45, 2.75) is 51.7 Å². The van der Waals surface area contributed by atoms with Gasteiger partial charge in [0.2, 0.25) is 0 Å². The van der Waals surface area contributed by atoms with Crippen LogP contribution in [0.25, 0.3) is 5.69 Å². The fourth-order valence-corrected chi connectivity index (χ4v) is 3.78. The molecule has 0 unspecified atom stereocenters. The molecule has 1 aromatic carbocycles.